The quantitative estimate of drug-likeness (QED) is 0.596. The van der Waals surface area contributed by atoms with Crippen molar-refractivity contribution in [2.45, 2.75) is 26.0 Å². The van der Waals surface area contributed by atoms with E-state index in [1.165, 1.54) is 11.1 Å². The summed E-state index contributed by atoms with van der Waals surface area (Å²) in [6.45, 7) is 0.647. The minimum Gasteiger partial charge on any atom is -0.473 e. The Bertz CT molecular complexity index is 1060. The van der Waals surface area contributed by atoms with Gasteiger partial charge in [0.25, 0.3) is 5.91 Å². The van der Waals surface area contributed by atoms with Gasteiger partial charge in [0, 0.05) is 24.5 Å². The van der Waals surface area contributed by atoms with E-state index >= 15 is 0 Å². The highest BCUT2D eigenvalue weighted by molar-refractivity contribution is 6.04. The van der Waals surface area contributed by atoms with E-state index in [0.717, 1.165) is 11.1 Å². The predicted octanol–water partition coefficient (Wildman–Crippen LogP) is 3.56. The maximum atomic E-state index is 12.5. The van der Waals surface area contributed by atoms with E-state index in [4.69, 9.17) is 4.74 Å². The molecule has 0 bridgehead atoms. The zero-order valence-electron chi connectivity index (χ0n) is 16.8. The molecule has 0 aliphatic carbocycles. The average Bonchev–Trinajstić information content (AvgIpc) is 3.12. The molecule has 0 unspecified atom stereocenters. The smallest absolute Gasteiger partial charge is 0.255 e. The number of hydrogen-bond donors (Lipinski definition) is 1. The Morgan fingerprint density at radius 2 is 1.61 bits per heavy atom. The number of nitrogens with one attached hydrogen (secondary N) is 1. The number of carbonyl (C=O) groups is 3. The van der Waals surface area contributed by atoms with Crippen LogP contribution < -0.4 is 10.1 Å². The fourth-order valence-corrected chi connectivity index (χ4v) is 3.22. The second-order valence-corrected chi connectivity index (χ2v) is 7.18. The van der Waals surface area contributed by atoms with Crippen LogP contribution in [0.15, 0.2) is 72.9 Å². The first-order chi connectivity index (χ1) is 15.1. The number of imide groups is 1. The third-order valence-corrected chi connectivity index (χ3v) is 4.94. The minimum absolute atomic E-state index is 0.157. The van der Waals surface area contributed by atoms with Crippen molar-refractivity contribution in [3.63, 3.8) is 0 Å². The summed E-state index contributed by atoms with van der Waals surface area (Å²) in [7, 11) is 0. The molecule has 156 valence electrons. The van der Waals surface area contributed by atoms with Gasteiger partial charge in [-0.3, -0.25) is 19.3 Å². The number of hydrogen-bond acceptors (Lipinski definition) is 5. The number of ether oxygens (including phenoxy) is 1. The molecule has 7 nitrogen and oxygen atoms in total. The van der Waals surface area contributed by atoms with Gasteiger partial charge in [0.05, 0.1) is 18.4 Å². The van der Waals surface area contributed by atoms with E-state index in [9.17, 15) is 14.4 Å². The normalized spacial score (nSPS) is 13.4. The molecule has 3 aromatic rings. The molecule has 0 spiro atoms. The molecular formula is C24H21N3O4. The number of amides is 3. The van der Waals surface area contributed by atoms with Crippen molar-refractivity contribution in [3.05, 3.63) is 89.6 Å². The maximum Gasteiger partial charge on any atom is 0.255 e. The second kappa shape index (κ2) is 9.21. The summed E-state index contributed by atoms with van der Waals surface area (Å²) in [4.78, 5) is 41.4. The minimum atomic E-state index is -0.278. The molecule has 1 N–H and O–H groups in total. The molecule has 1 aliphatic rings. The summed E-state index contributed by atoms with van der Waals surface area (Å²) in [6.07, 6.45) is 2.07. The zero-order valence-corrected chi connectivity index (χ0v) is 16.8. The number of rotatable bonds is 7. The van der Waals surface area contributed by atoms with Crippen LogP contribution in [0.25, 0.3) is 0 Å². The van der Waals surface area contributed by atoms with Crippen LogP contribution in [0.5, 0.6) is 5.88 Å². The van der Waals surface area contributed by atoms with Gasteiger partial charge >= 0.3 is 0 Å². The summed E-state index contributed by atoms with van der Waals surface area (Å²) in [5, 5.41) is 2.79. The van der Waals surface area contributed by atoms with Crippen molar-refractivity contribution < 1.29 is 19.1 Å². The molecule has 1 saturated heterocycles. The lowest BCUT2D eigenvalue weighted by molar-refractivity contribution is -0.139. The van der Waals surface area contributed by atoms with Crippen LogP contribution in [0.1, 0.15) is 34.3 Å². The van der Waals surface area contributed by atoms with Crippen molar-refractivity contribution >= 4 is 23.4 Å². The van der Waals surface area contributed by atoms with Gasteiger partial charge in [0.15, 0.2) is 0 Å². The molecule has 1 fully saturated rings. The molecule has 7 heteroatoms. The van der Waals surface area contributed by atoms with Crippen molar-refractivity contribution in [2.75, 3.05) is 5.32 Å². The van der Waals surface area contributed by atoms with Crippen LogP contribution in [-0.2, 0) is 22.7 Å². The molecule has 31 heavy (non-hydrogen) atoms. The van der Waals surface area contributed by atoms with Gasteiger partial charge in [0.1, 0.15) is 6.61 Å². The van der Waals surface area contributed by atoms with Gasteiger partial charge < -0.3 is 10.1 Å². The summed E-state index contributed by atoms with van der Waals surface area (Å²) in [5.74, 6) is -0.122. The number of pyridine rings is 1. The standard InChI is InChI=1S/C24H21N3O4/c28-22-12-13-23(29)27(22)15-17-6-8-19(9-7-17)24(30)26-20-10-11-21(25-14-20)31-16-18-4-2-1-3-5-18/h1-11,14H,12-13,15-16H2,(H,26,30). The summed E-state index contributed by atoms with van der Waals surface area (Å²) in [6, 6.07) is 20.0. The van der Waals surface area contributed by atoms with E-state index in [2.05, 4.69) is 10.3 Å². The molecule has 4 rings (SSSR count). The number of likely N-dealkylation sites (tertiary alicyclic amines) is 1. The summed E-state index contributed by atoms with van der Waals surface area (Å²) < 4.78 is 5.64. The van der Waals surface area contributed by atoms with E-state index in [-0.39, 0.29) is 37.1 Å². The molecular weight excluding hydrogens is 394 g/mol. The molecule has 0 saturated carbocycles. The number of aromatic nitrogens is 1. The number of carbonyl (C=O) groups excluding carboxylic acids is 3. The largest absolute Gasteiger partial charge is 0.473 e. The van der Waals surface area contributed by atoms with Gasteiger partial charge in [-0.25, -0.2) is 4.98 Å². The van der Waals surface area contributed by atoms with E-state index in [1.54, 1.807) is 36.4 Å². The van der Waals surface area contributed by atoms with E-state index in [1.807, 2.05) is 30.3 Å². The molecule has 1 aromatic heterocycles. The molecule has 3 amide bonds. The number of benzene rings is 2. The molecule has 0 atom stereocenters. The molecule has 2 heterocycles. The van der Waals surface area contributed by atoms with Crippen LogP contribution in [0.3, 0.4) is 0 Å². The Morgan fingerprint density at radius 1 is 0.903 bits per heavy atom. The van der Waals surface area contributed by atoms with Crippen LogP contribution in [0, 0.1) is 0 Å². The fraction of sp³-hybridized carbons (Fsp3) is 0.167. The molecule has 2 aromatic carbocycles. The van der Waals surface area contributed by atoms with Crippen molar-refractivity contribution in [1.29, 1.82) is 0 Å². The highest BCUT2D eigenvalue weighted by Gasteiger charge is 2.28. The monoisotopic (exact) mass is 415 g/mol. The Kier molecular flexibility index (Phi) is 6.03. The van der Waals surface area contributed by atoms with Crippen LogP contribution in [0.4, 0.5) is 5.69 Å². The average molecular weight is 415 g/mol. The Morgan fingerprint density at radius 3 is 2.26 bits per heavy atom. The number of anilines is 1. The first-order valence-electron chi connectivity index (χ1n) is 9.95. The van der Waals surface area contributed by atoms with Gasteiger partial charge in [-0.1, -0.05) is 42.5 Å². The summed E-state index contributed by atoms with van der Waals surface area (Å²) >= 11 is 0. The van der Waals surface area contributed by atoms with Crippen LogP contribution in [-0.4, -0.2) is 27.6 Å². The van der Waals surface area contributed by atoms with Crippen LogP contribution >= 0.6 is 0 Å². The maximum absolute atomic E-state index is 12.5. The lowest BCUT2D eigenvalue weighted by Gasteiger charge is -2.14. The van der Waals surface area contributed by atoms with Crippen molar-refractivity contribution in [1.82, 2.24) is 9.88 Å². The first kappa shape index (κ1) is 20.3. The highest BCUT2D eigenvalue weighted by Crippen LogP contribution is 2.17. The Labute approximate surface area is 179 Å². The van der Waals surface area contributed by atoms with Gasteiger partial charge in [-0.2, -0.15) is 0 Å². The Balaban J connectivity index is 1.31. The second-order valence-electron chi connectivity index (χ2n) is 7.18. The molecule has 1 aliphatic heterocycles. The van der Waals surface area contributed by atoms with Crippen LogP contribution in [0.2, 0.25) is 0 Å². The van der Waals surface area contributed by atoms with Gasteiger partial charge in [-0.05, 0) is 29.3 Å². The van der Waals surface area contributed by atoms with Crippen molar-refractivity contribution in [3.8, 4) is 5.88 Å². The highest BCUT2D eigenvalue weighted by atomic mass is 16.5. The van der Waals surface area contributed by atoms with Crippen molar-refractivity contribution in [2.24, 2.45) is 0 Å². The number of nitrogens with zero attached hydrogens (tertiary/aromatic N) is 2. The summed E-state index contributed by atoms with van der Waals surface area (Å²) in [5.41, 5.74) is 2.85. The lowest BCUT2D eigenvalue weighted by atomic mass is 10.1. The third kappa shape index (κ3) is 5.14. The molecule has 0 radical (unpaired) electrons. The zero-order chi connectivity index (χ0) is 21.6. The van der Waals surface area contributed by atoms with Gasteiger partial charge in [-0.15, -0.1) is 0 Å². The topological polar surface area (TPSA) is 88.6 Å². The third-order valence-electron chi connectivity index (χ3n) is 4.94. The SMILES string of the molecule is O=C(Nc1ccc(OCc2ccccc2)nc1)c1ccc(CN2C(=O)CCC2=O)cc1. The Hall–Kier alpha value is -4.00. The predicted molar refractivity (Wildman–Crippen MR) is 114 cm³/mol. The van der Waals surface area contributed by atoms with E-state index in [0.29, 0.717) is 23.7 Å². The van der Waals surface area contributed by atoms with Gasteiger partial charge in [0.2, 0.25) is 17.7 Å². The fourth-order valence-electron chi connectivity index (χ4n) is 3.22. The first-order valence-corrected chi connectivity index (χ1v) is 9.95. The van der Waals surface area contributed by atoms with E-state index < -0.39 is 0 Å². The lowest BCUT2D eigenvalue weighted by Crippen LogP contribution is -2.28.